The van der Waals surface area contributed by atoms with E-state index in [0.717, 1.165) is 29.1 Å². The van der Waals surface area contributed by atoms with Crippen molar-refractivity contribution in [2.24, 2.45) is 0 Å². The van der Waals surface area contributed by atoms with E-state index in [2.05, 4.69) is 36.5 Å². The molecule has 2 aromatic rings. The Balaban J connectivity index is 1.97. The summed E-state index contributed by atoms with van der Waals surface area (Å²) in [4.78, 5) is 14.6. The van der Waals surface area contributed by atoms with Crippen LogP contribution in [0.2, 0.25) is 0 Å². The van der Waals surface area contributed by atoms with Crippen molar-refractivity contribution in [1.29, 1.82) is 0 Å². The van der Waals surface area contributed by atoms with Crippen LogP contribution >= 0.6 is 0 Å². The molecular formula is C19H22N2O2. The van der Waals surface area contributed by atoms with Gasteiger partial charge in [0.1, 0.15) is 11.8 Å². The second kappa shape index (κ2) is 6.32. The Kier molecular flexibility index (Phi) is 4.24. The number of fused-ring (bicyclic) bond motifs is 1. The number of hydrogen-bond donors (Lipinski definition) is 1. The summed E-state index contributed by atoms with van der Waals surface area (Å²) in [6.07, 6.45) is 0.750. The minimum Gasteiger partial charge on any atom is -0.497 e. The maximum atomic E-state index is 12.8. The number of nitrogens with zero attached hydrogens (tertiary/aromatic N) is 1. The van der Waals surface area contributed by atoms with Crippen LogP contribution in [0.5, 0.6) is 5.75 Å². The van der Waals surface area contributed by atoms with Crippen LogP contribution in [0.1, 0.15) is 24.5 Å². The van der Waals surface area contributed by atoms with E-state index in [0.29, 0.717) is 6.54 Å². The summed E-state index contributed by atoms with van der Waals surface area (Å²) in [6.45, 7) is 4.66. The number of amides is 1. The summed E-state index contributed by atoms with van der Waals surface area (Å²) in [5, 5.41) is 3.32. The zero-order chi connectivity index (χ0) is 16.4. The van der Waals surface area contributed by atoms with E-state index in [1.54, 1.807) is 7.11 Å². The number of ether oxygens (including phenoxy) is 1. The van der Waals surface area contributed by atoms with E-state index in [1.807, 2.05) is 30.0 Å². The quantitative estimate of drug-likeness (QED) is 0.935. The standard InChI is InChI=1S/C19H22N2O2/c1-4-16-19(22)21(12-14-7-5-13(2)6-8-14)18-10-9-15(23-3)11-17(18)20-16/h5-11,16,20H,4,12H2,1-3H3. The van der Waals surface area contributed by atoms with Crippen molar-refractivity contribution in [1.82, 2.24) is 0 Å². The summed E-state index contributed by atoms with van der Waals surface area (Å²) >= 11 is 0. The molecule has 0 bridgehead atoms. The molecule has 0 aliphatic carbocycles. The van der Waals surface area contributed by atoms with Gasteiger partial charge in [-0.25, -0.2) is 0 Å². The highest BCUT2D eigenvalue weighted by molar-refractivity contribution is 6.05. The average Bonchev–Trinajstić information content (AvgIpc) is 2.58. The Bertz CT molecular complexity index is 710. The van der Waals surface area contributed by atoms with Gasteiger partial charge in [0, 0.05) is 6.07 Å². The van der Waals surface area contributed by atoms with Crippen molar-refractivity contribution in [2.45, 2.75) is 32.9 Å². The van der Waals surface area contributed by atoms with Crippen LogP contribution in [-0.4, -0.2) is 19.1 Å². The lowest BCUT2D eigenvalue weighted by molar-refractivity contribution is -0.119. The second-order valence-electron chi connectivity index (χ2n) is 5.90. The largest absolute Gasteiger partial charge is 0.497 e. The maximum absolute atomic E-state index is 12.8. The van der Waals surface area contributed by atoms with Crippen LogP contribution in [0.15, 0.2) is 42.5 Å². The van der Waals surface area contributed by atoms with Crippen LogP contribution in [0.25, 0.3) is 0 Å². The molecule has 3 rings (SSSR count). The Morgan fingerprint density at radius 3 is 2.57 bits per heavy atom. The van der Waals surface area contributed by atoms with E-state index in [9.17, 15) is 4.79 Å². The van der Waals surface area contributed by atoms with Crippen molar-refractivity contribution in [3.8, 4) is 5.75 Å². The number of hydrogen-bond acceptors (Lipinski definition) is 3. The number of methoxy groups -OCH3 is 1. The molecule has 0 aromatic heterocycles. The van der Waals surface area contributed by atoms with Gasteiger partial charge in [0.15, 0.2) is 0 Å². The smallest absolute Gasteiger partial charge is 0.249 e. The van der Waals surface area contributed by atoms with Crippen molar-refractivity contribution >= 4 is 17.3 Å². The molecule has 1 atom stereocenters. The highest BCUT2D eigenvalue weighted by Gasteiger charge is 2.31. The first kappa shape index (κ1) is 15.4. The number of nitrogens with one attached hydrogen (secondary N) is 1. The molecule has 0 radical (unpaired) electrons. The Hall–Kier alpha value is -2.49. The van der Waals surface area contributed by atoms with Crippen molar-refractivity contribution in [3.05, 3.63) is 53.6 Å². The predicted molar refractivity (Wildman–Crippen MR) is 93.1 cm³/mol. The fourth-order valence-electron chi connectivity index (χ4n) is 2.87. The lowest BCUT2D eigenvalue weighted by Crippen LogP contribution is -2.46. The molecule has 2 aromatic carbocycles. The van der Waals surface area contributed by atoms with Crippen LogP contribution < -0.4 is 15.0 Å². The summed E-state index contributed by atoms with van der Waals surface area (Å²) in [6, 6.07) is 13.9. The molecule has 0 saturated heterocycles. The number of aryl methyl sites for hydroxylation is 1. The third-order valence-corrected chi connectivity index (χ3v) is 4.26. The average molecular weight is 310 g/mol. The van der Waals surface area contributed by atoms with Gasteiger partial charge in [-0.2, -0.15) is 0 Å². The Morgan fingerprint density at radius 2 is 1.91 bits per heavy atom. The first-order chi connectivity index (χ1) is 11.1. The highest BCUT2D eigenvalue weighted by atomic mass is 16.5. The fourth-order valence-corrected chi connectivity index (χ4v) is 2.87. The fraction of sp³-hybridized carbons (Fsp3) is 0.316. The molecular weight excluding hydrogens is 288 g/mol. The van der Waals surface area contributed by atoms with Crippen molar-refractivity contribution < 1.29 is 9.53 Å². The van der Waals surface area contributed by atoms with E-state index in [4.69, 9.17) is 4.74 Å². The first-order valence-electron chi connectivity index (χ1n) is 7.94. The van der Waals surface area contributed by atoms with Gasteiger partial charge in [-0.1, -0.05) is 36.8 Å². The monoisotopic (exact) mass is 310 g/mol. The topological polar surface area (TPSA) is 41.6 Å². The minimum absolute atomic E-state index is 0.116. The molecule has 120 valence electrons. The molecule has 23 heavy (non-hydrogen) atoms. The SMILES string of the molecule is CCC1Nc2cc(OC)ccc2N(Cc2ccc(C)cc2)C1=O. The van der Waals surface area contributed by atoms with E-state index >= 15 is 0 Å². The van der Waals surface area contributed by atoms with Gasteiger partial charge in [0.25, 0.3) is 0 Å². The van der Waals surface area contributed by atoms with Gasteiger partial charge < -0.3 is 15.0 Å². The molecule has 1 aliphatic heterocycles. The molecule has 1 heterocycles. The third-order valence-electron chi connectivity index (χ3n) is 4.26. The van der Waals surface area contributed by atoms with Gasteiger partial charge in [-0.05, 0) is 31.0 Å². The summed E-state index contributed by atoms with van der Waals surface area (Å²) in [5.74, 6) is 0.904. The van der Waals surface area contributed by atoms with Gasteiger partial charge in [-0.15, -0.1) is 0 Å². The molecule has 0 saturated carbocycles. The summed E-state index contributed by atoms with van der Waals surface area (Å²) in [7, 11) is 1.65. The van der Waals surface area contributed by atoms with Crippen LogP contribution in [0.3, 0.4) is 0 Å². The number of carbonyl (C=O) groups is 1. The Morgan fingerprint density at radius 1 is 1.17 bits per heavy atom. The van der Waals surface area contributed by atoms with Gasteiger partial charge in [0.05, 0.1) is 25.0 Å². The van der Waals surface area contributed by atoms with E-state index < -0.39 is 0 Å². The number of anilines is 2. The van der Waals surface area contributed by atoms with Gasteiger partial charge in [0.2, 0.25) is 5.91 Å². The van der Waals surface area contributed by atoms with Crippen LogP contribution in [0.4, 0.5) is 11.4 Å². The third kappa shape index (κ3) is 3.02. The molecule has 0 spiro atoms. The number of carbonyl (C=O) groups excluding carboxylic acids is 1. The van der Waals surface area contributed by atoms with E-state index in [1.165, 1.54) is 5.56 Å². The lowest BCUT2D eigenvalue weighted by atomic mass is 10.0. The van der Waals surface area contributed by atoms with Crippen LogP contribution in [0, 0.1) is 6.92 Å². The van der Waals surface area contributed by atoms with E-state index in [-0.39, 0.29) is 11.9 Å². The number of rotatable bonds is 4. The Labute approximate surface area is 137 Å². The molecule has 0 fully saturated rings. The predicted octanol–water partition coefficient (Wildman–Crippen LogP) is 3.74. The van der Waals surface area contributed by atoms with Gasteiger partial charge in [-0.3, -0.25) is 4.79 Å². The zero-order valence-electron chi connectivity index (χ0n) is 13.8. The van der Waals surface area contributed by atoms with Crippen molar-refractivity contribution in [3.63, 3.8) is 0 Å². The molecule has 1 N–H and O–H groups in total. The molecule has 4 heteroatoms. The normalized spacial score (nSPS) is 16.7. The second-order valence-corrected chi connectivity index (χ2v) is 5.90. The number of benzene rings is 2. The summed E-state index contributed by atoms with van der Waals surface area (Å²) in [5.41, 5.74) is 4.20. The molecule has 1 unspecified atom stereocenters. The zero-order valence-corrected chi connectivity index (χ0v) is 13.8. The van der Waals surface area contributed by atoms with Gasteiger partial charge >= 0.3 is 0 Å². The minimum atomic E-state index is -0.194. The highest BCUT2D eigenvalue weighted by Crippen LogP contribution is 2.36. The lowest BCUT2D eigenvalue weighted by Gasteiger charge is -2.35. The van der Waals surface area contributed by atoms with Crippen molar-refractivity contribution in [2.75, 3.05) is 17.3 Å². The van der Waals surface area contributed by atoms with Crippen LogP contribution in [-0.2, 0) is 11.3 Å². The molecule has 1 aliphatic rings. The molecule has 4 nitrogen and oxygen atoms in total. The maximum Gasteiger partial charge on any atom is 0.249 e. The molecule has 1 amide bonds. The first-order valence-corrected chi connectivity index (χ1v) is 7.94. The summed E-state index contributed by atoms with van der Waals surface area (Å²) < 4.78 is 5.30.